The van der Waals surface area contributed by atoms with E-state index in [-0.39, 0.29) is 23.6 Å². The van der Waals surface area contributed by atoms with Gasteiger partial charge in [-0.1, -0.05) is 44.2 Å². The van der Waals surface area contributed by atoms with Crippen molar-refractivity contribution in [2.75, 3.05) is 6.61 Å². The molecule has 1 aliphatic rings. The highest BCUT2D eigenvalue weighted by molar-refractivity contribution is 5.29. The van der Waals surface area contributed by atoms with Crippen LogP contribution in [0.2, 0.25) is 0 Å². The van der Waals surface area contributed by atoms with Gasteiger partial charge in [0.05, 0.1) is 12.7 Å². The monoisotopic (exact) mass is 314 g/mol. The molecule has 1 N–H and O–H groups in total. The van der Waals surface area contributed by atoms with Gasteiger partial charge in [-0.05, 0) is 47.6 Å². The molecule has 0 aliphatic carbocycles. The van der Waals surface area contributed by atoms with E-state index in [4.69, 9.17) is 4.74 Å². The van der Waals surface area contributed by atoms with Crippen molar-refractivity contribution in [1.82, 2.24) is 0 Å². The van der Waals surface area contributed by atoms with Gasteiger partial charge in [0.1, 0.15) is 11.6 Å². The molecule has 1 aliphatic heterocycles. The topological polar surface area (TPSA) is 29.5 Å². The molecule has 0 spiro atoms. The van der Waals surface area contributed by atoms with Gasteiger partial charge in [0.25, 0.3) is 0 Å². The van der Waals surface area contributed by atoms with Crippen molar-refractivity contribution in [3.8, 4) is 5.75 Å². The molecule has 23 heavy (non-hydrogen) atoms. The fraction of sp³-hybridized carbons (Fsp3) is 0.400. The van der Waals surface area contributed by atoms with Crippen LogP contribution in [0, 0.1) is 17.7 Å². The molecule has 1 heterocycles. The summed E-state index contributed by atoms with van der Waals surface area (Å²) in [5.41, 5.74) is 1.83. The van der Waals surface area contributed by atoms with Crippen molar-refractivity contribution in [3.05, 3.63) is 65.5 Å². The lowest BCUT2D eigenvalue weighted by Crippen LogP contribution is -2.31. The molecule has 0 unspecified atom stereocenters. The van der Waals surface area contributed by atoms with E-state index in [0.717, 1.165) is 17.5 Å². The molecule has 3 atom stereocenters. The molecule has 0 aromatic heterocycles. The van der Waals surface area contributed by atoms with Gasteiger partial charge in [0.15, 0.2) is 0 Å². The summed E-state index contributed by atoms with van der Waals surface area (Å²) >= 11 is 0. The maximum absolute atomic E-state index is 14.1. The van der Waals surface area contributed by atoms with Crippen LogP contribution in [0.25, 0.3) is 0 Å². The van der Waals surface area contributed by atoms with E-state index in [1.54, 1.807) is 18.2 Å². The van der Waals surface area contributed by atoms with Crippen molar-refractivity contribution in [1.29, 1.82) is 0 Å². The first-order valence-corrected chi connectivity index (χ1v) is 8.21. The summed E-state index contributed by atoms with van der Waals surface area (Å²) < 4.78 is 20.2. The van der Waals surface area contributed by atoms with Crippen molar-refractivity contribution in [2.24, 2.45) is 11.8 Å². The average molecular weight is 314 g/mol. The Hall–Kier alpha value is -1.87. The van der Waals surface area contributed by atoms with Gasteiger partial charge in [-0.3, -0.25) is 0 Å². The minimum Gasteiger partial charge on any atom is -0.508 e. The van der Waals surface area contributed by atoms with Crippen LogP contribution >= 0.6 is 0 Å². The molecule has 0 bridgehead atoms. The highest BCUT2D eigenvalue weighted by Crippen LogP contribution is 2.43. The van der Waals surface area contributed by atoms with Gasteiger partial charge in [0, 0.05) is 5.92 Å². The van der Waals surface area contributed by atoms with E-state index in [0.29, 0.717) is 18.4 Å². The Kier molecular flexibility index (Phi) is 4.67. The molecule has 0 radical (unpaired) electrons. The molecule has 2 nitrogen and oxygen atoms in total. The van der Waals surface area contributed by atoms with E-state index in [1.807, 2.05) is 24.3 Å². The van der Waals surface area contributed by atoms with Crippen molar-refractivity contribution in [3.63, 3.8) is 0 Å². The molecule has 3 rings (SSSR count). The second-order valence-electron chi connectivity index (χ2n) is 6.71. The van der Waals surface area contributed by atoms with E-state index >= 15 is 0 Å². The Balaban J connectivity index is 1.84. The number of hydrogen-bond donors (Lipinski definition) is 1. The zero-order valence-corrected chi connectivity index (χ0v) is 13.6. The third-order valence-corrected chi connectivity index (χ3v) is 4.85. The van der Waals surface area contributed by atoms with E-state index < -0.39 is 0 Å². The summed E-state index contributed by atoms with van der Waals surface area (Å²) in [7, 11) is 0. The van der Waals surface area contributed by atoms with Crippen LogP contribution < -0.4 is 0 Å². The number of halogens is 1. The molecule has 122 valence electrons. The van der Waals surface area contributed by atoms with Gasteiger partial charge >= 0.3 is 0 Å². The second-order valence-corrected chi connectivity index (χ2v) is 6.71. The van der Waals surface area contributed by atoms with Gasteiger partial charge in [-0.2, -0.15) is 0 Å². The van der Waals surface area contributed by atoms with Gasteiger partial charge < -0.3 is 9.84 Å². The fourth-order valence-corrected chi connectivity index (χ4v) is 3.52. The zero-order valence-electron chi connectivity index (χ0n) is 13.6. The highest BCUT2D eigenvalue weighted by atomic mass is 19.1. The largest absolute Gasteiger partial charge is 0.508 e. The van der Waals surface area contributed by atoms with Crippen molar-refractivity contribution < 1.29 is 14.2 Å². The van der Waals surface area contributed by atoms with Crippen molar-refractivity contribution >= 4 is 0 Å². The maximum Gasteiger partial charge on any atom is 0.126 e. The molecule has 0 amide bonds. The summed E-state index contributed by atoms with van der Waals surface area (Å²) in [6.07, 6.45) is 0.906. The molecule has 2 aromatic carbocycles. The zero-order chi connectivity index (χ0) is 16.4. The number of benzene rings is 2. The van der Waals surface area contributed by atoms with Crippen LogP contribution in [0.1, 0.15) is 43.4 Å². The van der Waals surface area contributed by atoms with E-state index in [2.05, 4.69) is 13.8 Å². The van der Waals surface area contributed by atoms with Crippen LogP contribution in [-0.2, 0) is 4.74 Å². The lowest BCUT2D eigenvalue weighted by Gasteiger charge is -2.39. The third kappa shape index (κ3) is 3.40. The number of phenols is 1. The summed E-state index contributed by atoms with van der Waals surface area (Å²) in [5.74, 6) is 0.958. The Morgan fingerprint density at radius 1 is 1.09 bits per heavy atom. The van der Waals surface area contributed by atoms with Gasteiger partial charge in [-0.15, -0.1) is 0 Å². The Morgan fingerprint density at radius 2 is 1.78 bits per heavy atom. The predicted molar refractivity (Wildman–Crippen MR) is 88.9 cm³/mol. The summed E-state index contributed by atoms with van der Waals surface area (Å²) in [4.78, 5) is 0. The summed E-state index contributed by atoms with van der Waals surface area (Å²) in [6, 6.07) is 14.2. The van der Waals surface area contributed by atoms with Crippen molar-refractivity contribution in [2.45, 2.75) is 32.3 Å². The third-order valence-electron chi connectivity index (χ3n) is 4.85. The van der Waals surface area contributed by atoms with E-state index in [1.165, 1.54) is 6.07 Å². The van der Waals surface area contributed by atoms with Crippen LogP contribution in [-0.4, -0.2) is 11.7 Å². The predicted octanol–water partition coefficient (Wildman–Crippen LogP) is 5.05. The van der Waals surface area contributed by atoms with Gasteiger partial charge in [-0.25, -0.2) is 4.39 Å². The number of rotatable bonds is 3. The molecular weight excluding hydrogens is 291 g/mol. The average Bonchev–Trinajstić information content (AvgIpc) is 2.55. The fourth-order valence-electron chi connectivity index (χ4n) is 3.52. The number of hydrogen-bond acceptors (Lipinski definition) is 2. The summed E-state index contributed by atoms with van der Waals surface area (Å²) in [5, 5.41) is 9.47. The summed E-state index contributed by atoms with van der Waals surface area (Å²) in [6.45, 7) is 4.89. The molecule has 1 saturated heterocycles. The van der Waals surface area contributed by atoms with Crippen LogP contribution in [0.4, 0.5) is 4.39 Å². The lowest BCUT2D eigenvalue weighted by molar-refractivity contribution is -0.0557. The number of phenolic OH excluding ortho intramolecular Hbond substituents is 1. The molecule has 3 heteroatoms. The molecule has 1 fully saturated rings. The normalized spacial score (nSPS) is 24.8. The maximum atomic E-state index is 14.1. The lowest BCUT2D eigenvalue weighted by atomic mass is 9.76. The molecular formula is C20H23FO2. The van der Waals surface area contributed by atoms with E-state index in [9.17, 15) is 9.50 Å². The number of ether oxygens (including phenoxy) is 1. The Bertz CT molecular complexity index is 651. The minimum absolute atomic E-state index is 0.00127. The quantitative estimate of drug-likeness (QED) is 0.859. The first-order chi connectivity index (χ1) is 11.1. The van der Waals surface area contributed by atoms with Crippen LogP contribution in [0.3, 0.4) is 0 Å². The minimum atomic E-state index is -0.147. The standard InChI is InChI=1S/C20H23FO2/c1-13(2)18-11-15(17-5-3-4-6-19(17)21)12-23-20(18)14-7-9-16(22)10-8-14/h3-10,13,15,18,20,22H,11-12H2,1-2H3/t15-,18-,20-/m0/s1. The number of aromatic hydroxyl groups is 1. The molecule has 2 aromatic rings. The Labute approximate surface area is 136 Å². The Morgan fingerprint density at radius 3 is 2.43 bits per heavy atom. The van der Waals surface area contributed by atoms with Crippen LogP contribution in [0.15, 0.2) is 48.5 Å². The smallest absolute Gasteiger partial charge is 0.126 e. The first-order valence-electron chi connectivity index (χ1n) is 8.21. The van der Waals surface area contributed by atoms with Crippen LogP contribution in [0.5, 0.6) is 5.75 Å². The first kappa shape index (κ1) is 16.0. The molecule has 0 saturated carbocycles. The highest BCUT2D eigenvalue weighted by Gasteiger charge is 2.35. The second kappa shape index (κ2) is 6.71. The SMILES string of the molecule is CC(C)[C@@H]1C[C@H](c2ccccc2F)CO[C@H]1c1ccc(O)cc1. The van der Waals surface area contributed by atoms with Gasteiger partial charge in [0.2, 0.25) is 0 Å².